The maximum Gasteiger partial charge on any atom is 0.274 e. The lowest BCUT2D eigenvalue weighted by Gasteiger charge is -2.36. The molecule has 0 atom stereocenters. The van der Waals surface area contributed by atoms with E-state index in [0.29, 0.717) is 63.0 Å². The molecule has 198 valence electrons. The monoisotopic (exact) mass is 530 g/mol. The predicted molar refractivity (Wildman–Crippen MR) is 137 cm³/mol. The van der Waals surface area contributed by atoms with E-state index in [1.807, 2.05) is 7.05 Å². The zero-order chi connectivity index (χ0) is 26.3. The van der Waals surface area contributed by atoms with Crippen molar-refractivity contribution < 1.29 is 18.8 Å². The fourth-order valence-corrected chi connectivity index (χ4v) is 5.98. The molecule has 11 heteroatoms. The second-order valence-corrected chi connectivity index (χ2v) is 10.9. The Morgan fingerprint density at radius 2 is 1.84 bits per heavy atom. The molecule has 1 aliphatic carbocycles. The minimum Gasteiger partial charge on any atom is -0.348 e. The molecule has 2 N–H and O–H groups in total. The second kappa shape index (κ2) is 10.1. The summed E-state index contributed by atoms with van der Waals surface area (Å²) in [5.41, 5.74) is 0.818. The number of aromatic nitrogens is 2. The van der Waals surface area contributed by atoms with Gasteiger partial charge in [0.25, 0.3) is 11.8 Å². The quantitative estimate of drug-likeness (QED) is 0.633. The molecule has 0 unspecified atom stereocenters. The van der Waals surface area contributed by atoms with Crippen LogP contribution in [0.4, 0.5) is 10.1 Å². The first-order valence-corrected chi connectivity index (χ1v) is 13.2. The number of anilines is 1. The molecule has 1 spiro atoms. The summed E-state index contributed by atoms with van der Waals surface area (Å²) in [5.74, 6) is -0.979. The van der Waals surface area contributed by atoms with Gasteiger partial charge in [-0.1, -0.05) is 11.6 Å². The largest absolute Gasteiger partial charge is 0.348 e. The molecule has 2 saturated heterocycles. The highest BCUT2D eigenvalue weighted by molar-refractivity contribution is 6.34. The summed E-state index contributed by atoms with van der Waals surface area (Å²) in [7, 11) is 2.01. The molecule has 1 aromatic carbocycles. The van der Waals surface area contributed by atoms with E-state index in [4.69, 9.17) is 11.6 Å². The summed E-state index contributed by atoms with van der Waals surface area (Å²) in [6.45, 7) is 4.95. The zero-order valence-corrected chi connectivity index (χ0v) is 21.9. The van der Waals surface area contributed by atoms with Crippen LogP contribution < -0.4 is 10.2 Å². The number of halogens is 2. The number of piperazine rings is 1. The van der Waals surface area contributed by atoms with Crippen molar-refractivity contribution >= 4 is 35.0 Å². The van der Waals surface area contributed by atoms with Crippen LogP contribution in [0.25, 0.3) is 0 Å². The van der Waals surface area contributed by atoms with Gasteiger partial charge in [0.1, 0.15) is 11.5 Å². The smallest absolute Gasteiger partial charge is 0.274 e. The third kappa shape index (κ3) is 4.84. The molecular weight excluding hydrogens is 499 g/mol. The lowest BCUT2D eigenvalue weighted by atomic mass is 9.71. The van der Waals surface area contributed by atoms with Crippen molar-refractivity contribution in [1.29, 1.82) is 0 Å². The number of carbonyl (C=O) groups is 3. The van der Waals surface area contributed by atoms with Crippen LogP contribution in [-0.4, -0.2) is 83.3 Å². The lowest BCUT2D eigenvalue weighted by Crippen LogP contribution is -2.48. The number of nitrogens with one attached hydrogen (secondary N) is 2. The summed E-state index contributed by atoms with van der Waals surface area (Å²) in [6, 6.07) is 2.78. The van der Waals surface area contributed by atoms with E-state index in [1.54, 1.807) is 22.8 Å². The Morgan fingerprint density at radius 1 is 1.14 bits per heavy atom. The normalized spacial score (nSPS) is 24.6. The van der Waals surface area contributed by atoms with Crippen LogP contribution in [0.15, 0.2) is 18.5 Å². The molecule has 37 heavy (non-hydrogen) atoms. The molecule has 3 heterocycles. The van der Waals surface area contributed by atoms with E-state index in [2.05, 4.69) is 20.2 Å². The summed E-state index contributed by atoms with van der Waals surface area (Å²) < 4.78 is 13.9. The molecule has 5 rings (SSSR count). The molecule has 1 aromatic heterocycles. The van der Waals surface area contributed by atoms with E-state index in [9.17, 15) is 18.8 Å². The molecule has 0 radical (unpaired) electrons. The molecular formula is C26H32ClFN6O3. The van der Waals surface area contributed by atoms with Crippen molar-refractivity contribution in [2.45, 2.75) is 45.1 Å². The average molecular weight is 531 g/mol. The van der Waals surface area contributed by atoms with E-state index < -0.39 is 11.2 Å². The number of likely N-dealkylation sites (N-methyl/N-ethyl adjacent to an activating group) is 1. The van der Waals surface area contributed by atoms with Crippen molar-refractivity contribution in [2.24, 2.45) is 5.41 Å². The Morgan fingerprint density at radius 3 is 2.54 bits per heavy atom. The van der Waals surface area contributed by atoms with Gasteiger partial charge in [0.05, 0.1) is 22.5 Å². The number of nitrogens with zero attached hydrogens (tertiary/aromatic N) is 4. The Bertz CT molecular complexity index is 1220. The molecule has 2 aliphatic heterocycles. The average Bonchev–Trinajstić information content (AvgIpc) is 3.49. The Labute approximate surface area is 220 Å². The summed E-state index contributed by atoms with van der Waals surface area (Å²) in [6.07, 6.45) is 4.66. The lowest BCUT2D eigenvalue weighted by molar-refractivity contribution is -0.127. The van der Waals surface area contributed by atoms with E-state index in [-0.39, 0.29) is 40.2 Å². The SMILES string of the molecule is Cc1cc(N2CC[C@]3(CC[C@@H](NC(=O)c4[nH]cnc4C(=O)N4CCN(C)CC4)CC3)C2=O)c(Cl)cc1F. The molecule has 3 aliphatic rings. The second-order valence-electron chi connectivity index (χ2n) is 10.5. The van der Waals surface area contributed by atoms with Gasteiger partial charge >= 0.3 is 0 Å². The maximum absolute atomic E-state index is 13.9. The summed E-state index contributed by atoms with van der Waals surface area (Å²) >= 11 is 6.28. The van der Waals surface area contributed by atoms with Crippen LogP contribution in [0.1, 0.15) is 58.6 Å². The van der Waals surface area contributed by atoms with E-state index in [1.165, 1.54) is 12.4 Å². The van der Waals surface area contributed by atoms with Gasteiger partial charge in [-0.25, -0.2) is 9.37 Å². The molecule has 9 nitrogen and oxygen atoms in total. The first-order chi connectivity index (χ1) is 17.7. The third-order valence-electron chi connectivity index (χ3n) is 8.17. The maximum atomic E-state index is 13.9. The van der Waals surface area contributed by atoms with Crippen LogP contribution in [-0.2, 0) is 4.79 Å². The highest BCUT2D eigenvalue weighted by Gasteiger charge is 2.49. The van der Waals surface area contributed by atoms with E-state index in [0.717, 1.165) is 13.1 Å². The van der Waals surface area contributed by atoms with Crippen LogP contribution in [0.2, 0.25) is 5.02 Å². The number of carbonyl (C=O) groups excluding carboxylic acids is 3. The van der Waals surface area contributed by atoms with Crippen LogP contribution in [0.5, 0.6) is 0 Å². The van der Waals surface area contributed by atoms with Gasteiger partial charge in [0, 0.05) is 38.8 Å². The van der Waals surface area contributed by atoms with Gasteiger partial charge in [-0.3, -0.25) is 14.4 Å². The molecule has 3 fully saturated rings. The van der Waals surface area contributed by atoms with Crippen molar-refractivity contribution in [2.75, 3.05) is 44.7 Å². The van der Waals surface area contributed by atoms with Gasteiger partial charge in [-0.15, -0.1) is 0 Å². The minimum atomic E-state index is -0.497. The third-order valence-corrected chi connectivity index (χ3v) is 8.47. The molecule has 2 aromatic rings. The minimum absolute atomic E-state index is 0.0128. The van der Waals surface area contributed by atoms with Crippen molar-refractivity contribution in [3.63, 3.8) is 0 Å². The predicted octanol–water partition coefficient (Wildman–Crippen LogP) is 2.99. The fraction of sp³-hybridized carbons (Fsp3) is 0.538. The summed E-state index contributed by atoms with van der Waals surface area (Å²) in [4.78, 5) is 52.0. The van der Waals surface area contributed by atoms with Gasteiger partial charge in [-0.05, 0) is 63.8 Å². The number of aromatic amines is 1. The van der Waals surface area contributed by atoms with Crippen molar-refractivity contribution in [1.82, 2.24) is 25.1 Å². The number of H-pyrrole nitrogens is 1. The van der Waals surface area contributed by atoms with Crippen LogP contribution in [0.3, 0.4) is 0 Å². The Kier molecular flexibility index (Phi) is 6.97. The fourth-order valence-electron chi connectivity index (χ4n) is 5.72. The Balaban J connectivity index is 1.20. The van der Waals surface area contributed by atoms with Crippen molar-refractivity contribution in [3.05, 3.63) is 46.3 Å². The van der Waals surface area contributed by atoms with E-state index >= 15 is 0 Å². The molecule has 0 bridgehead atoms. The highest BCUT2D eigenvalue weighted by atomic mass is 35.5. The number of hydrogen-bond donors (Lipinski definition) is 2. The first kappa shape index (κ1) is 25.7. The molecule has 1 saturated carbocycles. The number of rotatable bonds is 4. The Hall–Kier alpha value is -2.98. The number of imidazole rings is 1. The van der Waals surface area contributed by atoms with Crippen LogP contribution >= 0.6 is 11.6 Å². The van der Waals surface area contributed by atoms with Gasteiger partial charge in [-0.2, -0.15) is 0 Å². The standard InChI is InChI=1S/C26H32ClFN6O3/c1-16-13-20(18(27)14-19(16)28)34-8-7-26(25(34)37)5-3-17(4-6-26)31-23(35)21-22(30-15-29-21)24(36)33-11-9-32(2)10-12-33/h13-15,17H,3-12H2,1-2H3,(H,29,30)(H,31,35)/t17-,26-. The van der Waals surface area contributed by atoms with Crippen molar-refractivity contribution in [3.8, 4) is 0 Å². The van der Waals surface area contributed by atoms with Gasteiger partial charge in [0.2, 0.25) is 5.91 Å². The number of amides is 3. The number of aryl methyl sites for hydroxylation is 1. The highest BCUT2D eigenvalue weighted by Crippen LogP contribution is 2.47. The number of hydrogen-bond acceptors (Lipinski definition) is 5. The van der Waals surface area contributed by atoms with Gasteiger partial charge in [0.15, 0.2) is 5.69 Å². The molecule has 3 amide bonds. The topological polar surface area (TPSA) is 102 Å². The van der Waals surface area contributed by atoms with Gasteiger partial charge < -0.3 is 25.0 Å². The summed E-state index contributed by atoms with van der Waals surface area (Å²) in [5, 5.41) is 3.27. The number of benzene rings is 1. The zero-order valence-electron chi connectivity index (χ0n) is 21.1. The first-order valence-electron chi connectivity index (χ1n) is 12.8. The van der Waals surface area contributed by atoms with Crippen LogP contribution in [0, 0.1) is 18.2 Å².